The summed E-state index contributed by atoms with van der Waals surface area (Å²) in [6.45, 7) is 11.6. The van der Waals surface area contributed by atoms with Crippen molar-refractivity contribution < 1.29 is 13.6 Å². The number of rotatable bonds is 5. The molecule has 4 nitrogen and oxygen atoms in total. The Morgan fingerprint density at radius 1 is 1.50 bits per heavy atom. The highest BCUT2D eigenvalue weighted by Crippen LogP contribution is 2.36. The molecule has 1 aromatic rings. The van der Waals surface area contributed by atoms with Crippen LogP contribution in [0.25, 0.3) is 0 Å². The molecule has 0 spiro atoms. The number of hydrogen-bond donors (Lipinski definition) is 0. The number of halogens is 1. The monoisotopic (exact) mass is 272 g/mol. The fourth-order valence-electron chi connectivity index (χ4n) is 1.27. The average Bonchev–Trinajstić information content (AvgIpc) is 2.57. The third-order valence-corrected chi connectivity index (χ3v) is 8.06. The van der Waals surface area contributed by atoms with Crippen molar-refractivity contribution in [3.8, 4) is 0 Å². The zero-order chi connectivity index (χ0) is 14.0. The number of hydrogen-bond acceptors (Lipinski definition) is 3. The van der Waals surface area contributed by atoms with Gasteiger partial charge in [0.05, 0.1) is 19.3 Å². The molecule has 0 aromatic carbocycles. The van der Waals surface area contributed by atoms with Crippen molar-refractivity contribution in [2.45, 2.75) is 45.4 Å². The van der Waals surface area contributed by atoms with Gasteiger partial charge in [0, 0.05) is 0 Å². The maximum Gasteiger partial charge on any atom is 0.192 e. The fourth-order valence-corrected chi connectivity index (χ4v) is 2.31. The molecule has 0 aliphatic heterocycles. The number of aldehydes is 1. The first-order valence-corrected chi connectivity index (χ1v) is 8.90. The summed E-state index contributed by atoms with van der Waals surface area (Å²) in [6, 6.07) is 0. The zero-order valence-corrected chi connectivity index (χ0v) is 12.7. The molecule has 0 saturated carbocycles. The van der Waals surface area contributed by atoms with Gasteiger partial charge in [-0.1, -0.05) is 20.8 Å². The second-order valence-corrected chi connectivity index (χ2v) is 10.6. The average molecular weight is 272 g/mol. The van der Waals surface area contributed by atoms with E-state index in [9.17, 15) is 9.18 Å². The van der Waals surface area contributed by atoms with Crippen LogP contribution in [0, 0.1) is 5.82 Å². The molecule has 0 unspecified atom stereocenters. The Hall–Kier alpha value is -1.01. The van der Waals surface area contributed by atoms with Crippen molar-refractivity contribution in [2.75, 3.05) is 6.61 Å². The van der Waals surface area contributed by atoms with Crippen molar-refractivity contribution in [2.24, 2.45) is 0 Å². The standard InChI is InChI=1S/C12H21FN2O2Si/c1-12(2,3)18(4,5)17-7-6-15-11(9-16)10(13)8-14-15/h8-9H,6-7H2,1-5H3. The largest absolute Gasteiger partial charge is 0.415 e. The molecule has 1 rings (SSSR count). The van der Waals surface area contributed by atoms with E-state index >= 15 is 0 Å². The minimum absolute atomic E-state index is 0.0196. The van der Waals surface area contributed by atoms with Gasteiger partial charge in [-0.15, -0.1) is 0 Å². The maximum absolute atomic E-state index is 13.1. The Morgan fingerprint density at radius 2 is 2.11 bits per heavy atom. The number of aromatic nitrogens is 2. The number of carbonyl (C=O) groups is 1. The molecule has 0 aliphatic carbocycles. The Morgan fingerprint density at radius 3 is 2.61 bits per heavy atom. The highest BCUT2D eigenvalue weighted by Gasteiger charge is 2.36. The Labute approximate surface area is 108 Å². The first-order chi connectivity index (χ1) is 8.19. The summed E-state index contributed by atoms with van der Waals surface area (Å²) >= 11 is 0. The summed E-state index contributed by atoms with van der Waals surface area (Å²) in [5, 5.41) is 3.95. The smallest absolute Gasteiger partial charge is 0.192 e. The van der Waals surface area contributed by atoms with Crippen LogP contribution in [0.3, 0.4) is 0 Å². The molecule has 0 amide bonds. The summed E-state index contributed by atoms with van der Waals surface area (Å²) in [6.07, 6.45) is 1.53. The van der Waals surface area contributed by atoms with Gasteiger partial charge in [0.2, 0.25) is 0 Å². The van der Waals surface area contributed by atoms with Gasteiger partial charge in [-0.2, -0.15) is 5.10 Å². The van der Waals surface area contributed by atoms with Crippen LogP contribution in [-0.4, -0.2) is 31.0 Å². The minimum atomic E-state index is -1.80. The van der Waals surface area contributed by atoms with Crippen LogP contribution in [0.5, 0.6) is 0 Å². The lowest BCUT2D eigenvalue weighted by molar-refractivity contribution is 0.110. The molecule has 18 heavy (non-hydrogen) atoms. The lowest BCUT2D eigenvalue weighted by atomic mass is 10.2. The predicted octanol–water partition coefficient (Wildman–Crippen LogP) is 2.86. The van der Waals surface area contributed by atoms with Crippen LogP contribution < -0.4 is 0 Å². The van der Waals surface area contributed by atoms with Crippen LogP contribution in [0.4, 0.5) is 4.39 Å². The Balaban J connectivity index is 2.59. The fraction of sp³-hybridized carbons (Fsp3) is 0.667. The highest BCUT2D eigenvalue weighted by atomic mass is 28.4. The number of carbonyl (C=O) groups excluding carboxylic acids is 1. The van der Waals surface area contributed by atoms with Gasteiger partial charge in [-0.3, -0.25) is 9.48 Å². The molecule has 0 N–H and O–H groups in total. The summed E-state index contributed by atoms with van der Waals surface area (Å²) in [5.41, 5.74) is -0.0196. The molecule has 0 bridgehead atoms. The van der Waals surface area contributed by atoms with Crippen molar-refractivity contribution in [3.63, 3.8) is 0 Å². The Bertz CT molecular complexity index is 424. The van der Waals surface area contributed by atoms with Gasteiger partial charge in [-0.05, 0) is 18.1 Å². The van der Waals surface area contributed by atoms with E-state index in [1.54, 1.807) is 0 Å². The first kappa shape index (κ1) is 15.0. The van der Waals surface area contributed by atoms with Crippen LogP contribution in [0.1, 0.15) is 31.3 Å². The molecule has 0 fully saturated rings. The lowest BCUT2D eigenvalue weighted by Gasteiger charge is -2.36. The molecule has 0 aliphatic rings. The molecule has 1 heterocycles. The van der Waals surface area contributed by atoms with E-state index in [-0.39, 0.29) is 10.7 Å². The van der Waals surface area contributed by atoms with Gasteiger partial charge in [-0.25, -0.2) is 4.39 Å². The number of nitrogens with zero attached hydrogens (tertiary/aromatic N) is 2. The van der Waals surface area contributed by atoms with Gasteiger partial charge in [0.25, 0.3) is 0 Å². The van der Waals surface area contributed by atoms with Crippen LogP contribution in [-0.2, 0) is 11.0 Å². The maximum atomic E-state index is 13.1. The van der Waals surface area contributed by atoms with E-state index in [0.717, 1.165) is 6.20 Å². The van der Waals surface area contributed by atoms with Gasteiger partial charge < -0.3 is 4.43 Å². The lowest BCUT2D eigenvalue weighted by Crippen LogP contribution is -2.41. The van der Waals surface area contributed by atoms with Crippen molar-refractivity contribution in [1.82, 2.24) is 9.78 Å². The second-order valence-electron chi connectivity index (χ2n) is 5.83. The summed E-state index contributed by atoms with van der Waals surface area (Å²) < 4.78 is 20.4. The second kappa shape index (κ2) is 5.32. The van der Waals surface area contributed by atoms with Gasteiger partial charge >= 0.3 is 0 Å². The van der Waals surface area contributed by atoms with E-state index in [1.807, 2.05) is 0 Å². The van der Waals surface area contributed by atoms with Crippen molar-refractivity contribution >= 4 is 14.6 Å². The molecule has 1 aromatic heterocycles. The van der Waals surface area contributed by atoms with E-state index in [1.165, 1.54) is 4.68 Å². The normalized spacial score (nSPS) is 12.8. The van der Waals surface area contributed by atoms with Crippen LogP contribution in [0.15, 0.2) is 6.20 Å². The van der Waals surface area contributed by atoms with Gasteiger partial charge in [0.15, 0.2) is 20.4 Å². The first-order valence-electron chi connectivity index (χ1n) is 5.99. The van der Waals surface area contributed by atoms with Crippen LogP contribution in [0.2, 0.25) is 18.1 Å². The quantitative estimate of drug-likeness (QED) is 0.611. The SMILES string of the molecule is CC(C)(C)[Si](C)(C)OCCn1ncc(F)c1C=O. The zero-order valence-electron chi connectivity index (χ0n) is 11.7. The molecule has 6 heteroatoms. The molecular weight excluding hydrogens is 251 g/mol. The third-order valence-electron chi connectivity index (χ3n) is 3.52. The molecule has 0 saturated heterocycles. The van der Waals surface area contributed by atoms with E-state index in [2.05, 4.69) is 39.0 Å². The molecule has 0 atom stereocenters. The minimum Gasteiger partial charge on any atom is -0.415 e. The van der Waals surface area contributed by atoms with E-state index < -0.39 is 14.1 Å². The van der Waals surface area contributed by atoms with E-state index in [4.69, 9.17) is 4.43 Å². The highest BCUT2D eigenvalue weighted by molar-refractivity contribution is 6.74. The predicted molar refractivity (Wildman–Crippen MR) is 70.7 cm³/mol. The van der Waals surface area contributed by atoms with Crippen molar-refractivity contribution in [3.05, 3.63) is 17.7 Å². The van der Waals surface area contributed by atoms with E-state index in [0.29, 0.717) is 19.4 Å². The van der Waals surface area contributed by atoms with Gasteiger partial charge in [0.1, 0.15) is 5.69 Å². The van der Waals surface area contributed by atoms with Crippen LogP contribution >= 0.6 is 0 Å². The molecular formula is C12H21FN2O2Si. The third kappa shape index (κ3) is 3.26. The Kier molecular flexibility index (Phi) is 4.44. The summed E-state index contributed by atoms with van der Waals surface area (Å²) in [4.78, 5) is 10.7. The summed E-state index contributed by atoms with van der Waals surface area (Å²) in [5.74, 6) is -0.586. The van der Waals surface area contributed by atoms with Crippen molar-refractivity contribution in [1.29, 1.82) is 0 Å². The molecule has 0 radical (unpaired) electrons. The summed E-state index contributed by atoms with van der Waals surface area (Å²) in [7, 11) is -1.80. The molecule has 102 valence electrons. The topological polar surface area (TPSA) is 44.1 Å².